The standard InChI is InChI=1S/C72H130O6/c1-4-7-10-13-16-18-20-22-24-26-28-30-32-34-36-38-39-41-43-45-47-49-51-53-56-59-62-65-71(74)77-68-69(67-76-70(73)64-61-58-55-15-12-9-6-3)78-72(75)66-63-60-57-54-52-50-48-46-44-42-40-37-35-33-31-29-27-25-23-21-19-17-14-11-8-5-2/h7,10,16,18,22,24,28,30,34,36,69H,4-6,8-9,11-15,17,19-21,23,25-27,29,31-33,35,37-68H2,1-3H3/b10-7-,18-16-,24-22-,30-28-,36-34-. The third-order valence-electron chi connectivity index (χ3n) is 15.3. The summed E-state index contributed by atoms with van der Waals surface area (Å²) in [4.78, 5) is 38.2. The van der Waals surface area contributed by atoms with E-state index in [2.05, 4.69) is 81.5 Å². The predicted octanol–water partition coefficient (Wildman–Crippen LogP) is 23.5. The fourth-order valence-corrected chi connectivity index (χ4v) is 10.2. The van der Waals surface area contributed by atoms with E-state index < -0.39 is 6.10 Å². The van der Waals surface area contributed by atoms with Gasteiger partial charge in [0.05, 0.1) is 0 Å². The van der Waals surface area contributed by atoms with Crippen molar-refractivity contribution in [2.45, 2.75) is 367 Å². The zero-order valence-corrected chi connectivity index (χ0v) is 52.2. The second-order valence-electron chi connectivity index (χ2n) is 23.1. The highest BCUT2D eigenvalue weighted by molar-refractivity contribution is 5.71. The van der Waals surface area contributed by atoms with Crippen molar-refractivity contribution in [2.24, 2.45) is 0 Å². The Hall–Kier alpha value is -2.89. The van der Waals surface area contributed by atoms with Crippen LogP contribution in [0.5, 0.6) is 0 Å². The number of unbranched alkanes of at least 4 members (excludes halogenated alkanes) is 42. The molecule has 0 rings (SSSR count). The number of carbonyl (C=O) groups is 3. The smallest absolute Gasteiger partial charge is 0.306 e. The first kappa shape index (κ1) is 75.1. The number of carbonyl (C=O) groups excluding carboxylic acids is 3. The maximum absolute atomic E-state index is 12.9. The van der Waals surface area contributed by atoms with Crippen molar-refractivity contribution in [2.75, 3.05) is 13.2 Å². The van der Waals surface area contributed by atoms with E-state index in [-0.39, 0.29) is 31.1 Å². The van der Waals surface area contributed by atoms with Crippen molar-refractivity contribution in [1.29, 1.82) is 0 Å². The lowest BCUT2D eigenvalue weighted by Gasteiger charge is -2.18. The second kappa shape index (κ2) is 66.6. The van der Waals surface area contributed by atoms with Crippen LogP contribution in [0.4, 0.5) is 0 Å². The number of allylic oxidation sites excluding steroid dienone is 10. The van der Waals surface area contributed by atoms with Crippen LogP contribution in [0.3, 0.4) is 0 Å². The van der Waals surface area contributed by atoms with Gasteiger partial charge in [0.2, 0.25) is 0 Å². The Kier molecular flexibility index (Phi) is 64.2. The maximum atomic E-state index is 12.9. The van der Waals surface area contributed by atoms with E-state index in [1.54, 1.807) is 0 Å². The van der Waals surface area contributed by atoms with E-state index in [1.165, 1.54) is 231 Å². The summed E-state index contributed by atoms with van der Waals surface area (Å²) < 4.78 is 16.9. The largest absolute Gasteiger partial charge is 0.462 e. The average molecular weight is 1090 g/mol. The van der Waals surface area contributed by atoms with Gasteiger partial charge in [-0.15, -0.1) is 0 Å². The quantitative estimate of drug-likeness (QED) is 0.0261. The third kappa shape index (κ3) is 63.9. The summed E-state index contributed by atoms with van der Waals surface area (Å²) in [6, 6.07) is 0. The van der Waals surface area contributed by atoms with Crippen LogP contribution in [0.1, 0.15) is 361 Å². The highest BCUT2D eigenvalue weighted by atomic mass is 16.6. The minimum absolute atomic E-state index is 0.0705. The van der Waals surface area contributed by atoms with Gasteiger partial charge < -0.3 is 14.2 Å². The molecule has 0 aliphatic rings. The molecule has 0 N–H and O–H groups in total. The number of hydrogen-bond donors (Lipinski definition) is 0. The van der Waals surface area contributed by atoms with Gasteiger partial charge in [-0.1, -0.05) is 338 Å². The molecule has 0 fully saturated rings. The van der Waals surface area contributed by atoms with Gasteiger partial charge in [-0.3, -0.25) is 14.4 Å². The molecule has 0 aliphatic heterocycles. The van der Waals surface area contributed by atoms with E-state index in [0.717, 1.165) is 89.9 Å². The molecule has 0 aromatic carbocycles. The predicted molar refractivity (Wildman–Crippen MR) is 339 cm³/mol. The average Bonchev–Trinajstić information content (AvgIpc) is 3.44. The lowest BCUT2D eigenvalue weighted by Crippen LogP contribution is -2.30. The van der Waals surface area contributed by atoms with E-state index in [0.29, 0.717) is 19.3 Å². The van der Waals surface area contributed by atoms with Gasteiger partial charge in [-0.2, -0.15) is 0 Å². The van der Waals surface area contributed by atoms with Crippen LogP contribution in [0, 0.1) is 0 Å². The first-order chi connectivity index (χ1) is 38.5. The topological polar surface area (TPSA) is 78.9 Å². The van der Waals surface area contributed by atoms with Crippen LogP contribution in [0.25, 0.3) is 0 Å². The molecule has 0 aromatic heterocycles. The van der Waals surface area contributed by atoms with Crippen LogP contribution >= 0.6 is 0 Å². The van der Waals surface area contributed by atoms with Crippen molar-refractivity contribution in [1.82, 2.24) is 0 Å². The number of hydrogen-bond acceptors (Lipinski definition) is 6. The first-order valence-electron chi connectivity index (χ1n) is 34.3. The van der Waals surface area contributed by atoms with E-state index in [1.807, 2.05) is 0 Å². The zero-order valence-electron chi connectivity index (χ0n) is 52.2. The molecule has 1 unspecified atom stereocenters. The van der Waals surface area contributed by atoms with Gasteiger partial charge >= 0.3 is 17.9 Å². The molecule has 6 nitrogen and oxygen atoms in total. The molecule has 0 radical (unpaired) electrons. The summed E-state index contributed by atoms with van der Waals surface area (Å²) in [5.41, 5.74) is 0. The summed E-state index contributed by atoms with van der Waals surface area (Å²) in [5.74, 6) is -0.859. The Morgan fingerprint density at radius 1 is 0.269 bits per heavy atom. The molecular weight excluding hydrogens is 961 g/mol. The SMILES string of the molecule is CC/C=C\C/C=C\C/C=C\C/C=C\C/C=C\CCCCCCCCCCCCCC(=O)OCC(COC(=O)CCCCCCCCC)OC(=O)CCCCCCCCCCCCCCCCCCCCCCCCCCCC. The minimum Gasteiger partial charge on any atom is -0.462 e. The Morgan fingerprint density at radius 3 is 0.782 bits per heavy atom. The van der Waals surface area contributed by atoms with E-state index in [4.69, 9.17) is 14.2 Å². The fraction of sp³-hybridized carbons (Fsp3) is 0.819. The van der Waals surface area contributed by atoms with Crippen LogP contribution in [-0.2, 0) is 28.6 Å². The van der Waals surface area contributed by atoms with Crippen LogP contribution in [-0.4, -0.2) is 37.2 Å². The molecule has 0 amide bonds. The number of esters is 3. The minimum atomic E-state index is -0.771. The Bertz CT molecular complexity index is 1390. The molecule has 0 saturated heterocycles. The van der Waals surface area contributed by atoms with Crippen LogP contribution in [0.2, 0.25) is 0 Å². The van der Waals surface area contributed by atoms with Crippen molar-refractivity contribution < 1.29 is 28.6 Å². The lowest BCUT2D eigenvalue weighted by molar-refractivity contribution is -0.167. The monoisotopic (exact) mass is 1090 g/mol. The fourth-order valence-electron chi connectivity index (χ4n) is 10.2. The van der Waals surface area contributed by atoms with E-state index >= 15 is 0 Å². The molecule has 0 heterocycles. The van der Waals surface area contributed by atoms with E-state index in [9.17, 15) is 14.4 Å². The highest BCUT2D eigenvalue weighted by Gasteiger charge is 2.19. The third-order valence-corrected chi connectivity index (χ3v) is 15.3. The lowest BCUT2D eigenvalue weighted by atomic mass is 10.0. The molecule has 0 bridgehead atoms. The molecule has 1 atom stereocenters. The Labute approximate surface area is 485 Å². The Balaban J connectivity index is 4.06. The molecule has 0 spiro atoms. The van der Waals surface area contributed by atoms with Gasteiger partial charge in [0.15, 0.2) is 6.10 Å². The molecule has 0 saturated carbocycles. The van der Waals surface area contributed by atoms with Crippen LogP contribution < -0.4 is 0 Å². The van der Waals surface area contributed by atoms with Gasteiger partial charge in [-0.05, 0) is 64.2 Å². The van der Waals surface area contributed by atoms with Crippen LogP contribution in [0.15, 0.2) is 60.8 Å². The van der Waals surface area contributed by atoms with Gasteiger partial charge in [0, 0.05) is 19.3 Å². The second-order valence-corrected chi connectivity index (χ2v) is 23.1. The number of ether oxygens (including phenoxy) is 3. The summed E-state index contributed by atoms with van der Waals surface area (Å²) >= 11 is 0. The molecular formula is C72H130O6. The maximum Gasteiger partial charge on any atom is 0.306 e. The van der Waals surface area contributed by atoms with Crippen molar-refractivity contribution in [3.8, 4) is 0 Å². The molecule has 78 heavy (non-hydrogen) atoms. The molecule has 454 valence electrons. The zero-order chi connectivity index (χ0) is 56.4. The van der Waals surface area contributed by atoms with Gasteiger partial charge in [0.1, 0.15) is 13.2 Å². The summed E-state index contributed by atoms with van der Waals surface area (Å²) in [7, 11) is 0. The number of rotatable bonds is 63. The molecule has 0 aliphatic carbocycles. The van der Waals surface area contributed by atoms with Crippen molar-refractivity contribution in [3.63, 3.8) is 0 Å². The van der Waals surface area contributed by atoms with Gasteiger partial charge in [-0.25, -0.2) is 0 Å². The summed E-state index contributed by atoms with van der Waals surface area (Å²) in [5, 5.41) is 0. The molecule has 0 aromatic rings. The van der Waals surface area contributed by atoms with Crippen molar-refractivity contribution >= 4 is 17.9 Å². The van der Waals surface area contributed by atoms with Crippen molar-refractivity contribution in [3.05, 3.63) is 60.8 Å². The van der Waals surface area contributed by atoms with Gasteiger partial charge in [0.25, 0.3) is 0 Å². The summed E-state index contributed by atoms with van der Waals surface area (Å²) in [6.45, 7) is 6.54. The highest BCUT2D eigenvalue weighted by Crippen LogP contribution is 2.18. The summed E-state index contributed by atoms with van der Waals surface area (Å²) in [6.07, 6.45) is 85.6. The first-order valence-corrected chi connectivity index (χ1v) is 34.3. The Morgan fingerprint density at radius 2 is 0.500 bits per heavy atom. The normalized spacial score (nSPS) is 12.4. The molecule has 6 heteroatoms.